The van der Waals surface area contributed by atoms with Gasteiger partial charge in [0.2, 0.25) is 5.91 Å². The lowest BCUT2D eigenvalue weighted by Gasteiger charge is -2.10. The van der Waals surface area contributed by atoms with E-state index >= 15 is 0 Å². The number of hydrogen-bond acceptors (Lipinski definition) is 4. The van der Waals surface area contributed by atoms with Crippen molar-refractivity contribution in [1.82, 2.24) is 10.2 Å². The predicted molar refractivity (Wildman–Crippen MR) is 65.0 cm³/mol. The van der Waals surface area contributed by atoms with Gasteiger partial charge in [-0.05, 0) is 31.8 Å². The van der Waals surface area contributed by atoms with E-state index in [1.54, 1.807) is 6.07 Å². The molecule has 1 aromatic rings. The minimum atomic E-state index is -0.205. The monoisotopic (exact) mass is 238 g/mol. The molecule has 1 amide bonds. The number of phenols is 2. The first-order chi connectivity index (χ1) is 7.99. The van der Waals surface area contributed by atoms with Gasteiger partial charge in [0, 0.05) is 13.1 Å². The van der Waals surface area contributed by atoms with E-state index in [1.807, 2.05) is 19.0 Å². The van der Waals surface area contributed by atoms with Gasteiger partial charge in [-0.1, -0.05) is 6.07 Å². The molecule has 0 saturated heterocycles. The molecule has 1 rings (SSSR count). The molecule has 0 aliphatic carbocycles. The Bertz CT molecular complexity index is 391. The molecule has 0 radical (unpaired) electrons. The first kappa shape index (κ1) is 13.3. The molecule has 0 spiro atoms. The molecule has 94 valence electrons. The third-order valence-electron chi connectivity index (χ3n) is 2.29. The van der Waals surface area contributed by atoms with E-state index < -0.39 is 0 Å². The van der Waals surface area contributed by atoms with Crippen molar-refractivity contribution in [1.29, 1.82) is 0 Å². The first-order valence-corrected chi connectivity index (χ1v) is 5.41. The lowest BCUT2D eigenvalue weighted by molar-refractivity contribution is -0.120. The summed E-state index contributed by atoms with van der Waals surface area (Å²) < 4.78 is 0. The molecular formula is C12H18N2O3. The van der Waals surface area contributed by atoms with Crippen LogP contribution in [0.2, 0.25) is 0 Å². The molecule has 0 bridgehead atoms. The molecule has 3 N–H and O–H groups in total. The number of benzene rings is 1. The Morgan fingerprint density at radius 3 is 2.59 bits per heavy atom. The number of rotatable bonds is 5. The van der Waals surface area contributed by atoms with Gasteiger partial charge >= 0.3 is 0 Å². The topological polar surface area (TPSA) is 72.8 Å². The van der Waals surface area contributed by atoms with Crippen molar-refractivity contribution in [2.24, 2.45) is 0 Å². The maximum atomic E-state index is 11.5. The molecule has 0 aliphatic heterocycles. The van der Waals surface area contributed by atoms with Gasteiger partial charge in [0.15, 0.2) is 11.5 Å². The zero-order valence-corrected chi connectivity index (χ0v) is 10.1. The highest BCUT2D eigenvalue weighted by Crippen LogP contribution is 2.24. The Kier molecular flexibility index (Phi) is 4.78. The van der Waals surface area contributed by atoms with Crippen LogP contribution in [-0.2, 0) is 11.2 Å². The van der Waals surface area contributed by atoms with Crippen LogP contribution in [0.15, 0.2) is 18.2 Å². The highest BCUT2D eigenvalue weighted by atomic mass is 16.3. The maximum Gasteiger partial charge on any atom is 0.224 e. The van der Waals surface area contributed by atoms with Gasteiger partial charge < -0.3 is 20.4 Å². The van der Waals surface area contributed by atoms with Crippen molar-refractivity contribution in [3.8, 4) is 11.5 Å². The van der Waals surface area contributed by atoms with Crippen molar-refractivity contribution >= 4 is 5.91 Å². The number of amides is 1. The molecule has 17 heavy (non-hydrogen) atoms. The van der Waals surface area contributed by atoms with E-state index in [-0.39, 0.29) is 23.8 Å². The summed E-state index contributed by atoms with van der Waals surface area (Å²) in [6.07, 6.45) is 0.196. The number of phenolic OH excluding ortho intramolecular Hbond substituents is 2. The van der Waals surface area contributed by atoms with Gasteiger partial charge in [0.1, 0.15) is 0 Å². The Morgan fingerprint density at radius 2 is 2.00 bits per heavy atom. The summed E-state index contributed by atoms with van der Waals surface area (Å²) in [5.74, 6) is -0.484. The number of carbonyl (C=O) groups excluding carboxylic acids is 1. The highest BCUT2D eigenvalue weighted by molar-refractivity contribution is 5.78. The first-order valence-electron chi connectivity index (χ1n) is 5.41. The zero-order chi connectivity index (χ0) is 12.8. The van der Waals surface area contributed by atoms with Crippen LogP contribution in [0.5, 0.6) is 11.5 Å². The van der Waals surface area contributed by atoms with E-state index in [0.717, 1.165) is 6.54 Å². The summed E-state index contributed by atoms with van der Waals surface area (Å²) in [5.41, 5.74) is 0.669. The second-order valence-corrected chi connectivity index (χ2v) is 4.15. The number of nitrogens with one attached hydrogen (secondary N) is 1. The third kappa shape index (κ3) is 4.74. The van der Waals surface area contributed by atoms with Crippen molar-refractivity contribution < 1.29 is 15.0 Å². The fourth-order valence-corrected chi connectivity index (χ4v) is 1.35. The zero-order valence-electron chi connectivity index (χ0n) is 10.1. The van der Waals surface area contributed by atoms with Crippen molar-refractivity contribution in [2.45, 2.75) is 6.42 Å². The highest BCUT2D eigenvalue weighted by Gasteiger charge is 2.05. The van der Waals surface area contributed by atoms with Crippen LogP contribution >= 0.6 is 0 Å². The molecule has 5 nitrogen and oxygen atoms in total. The average molecular weight is 238 g/mol. The Hall–Kier alpha value is -1.75. The third-order valence-corrected chi connectivity index (χ3v) is 2.29. The maximum absolute atomic E-state index is 11.5. The van der Waals surface area contributed by atoms with Gasteiger partial charge in [0.05, 0.1) is 6.42 Å². The van der Waals surface area contributed by atoms with E-state index in [1.165, 1.54) is 12.1 Å². The molecule has 0 aromatic heterocycles. The van der Waals surface area contributed by atoms with Crippen LogP contribution < -0.4 is 5.32 Å². The summed E-state index contributed by atoms with van der Waals surface area (Å²) in [4.78, 5) is 13.5. The van der Waals surface area contributed by atoms with Gasteiger partial charge in [0.25, 0.3) is 0 Å². The van der Waals surface area contributed by atoms with Gasteiger partial charge in [-0.15, -0.1) is 0 Å². The fraction of sp³-hybridized carbons (Fsp3) is 0.417. The second-order valence-electron chi connectivity index (χ2n) is 4.15. The van der Waals surface area contributed by atoms with Gasteiger partial charge in [-0.3, -0.25) is 4.79 Å². The summed E-state index contributed by atoms with van der Waals surface area (Å²) in [6.45, 7) is 1.38. The number of nitrogens with zero attached hydrogens (tertiary/aromatic N) is 1. The number of aromatic hydroxyl groups is 2. The normalized spacial score (nSPS) is 10.5. The Balaban J connectivity index is 2.42. The Labute approximate surface area is 101 Å². The number of carbonyl (C=O) groups is 1. The molecule has 0 saturated carbocycles. The van der Waals surface area contributed by atoms with Crippen molar-refractivity contribution in [3.05, 3.63) is 23.8 Å². The summed E-state index contributed by atoms with van der Waals surface area (Å²) in [5, 5.41) is 21.2. The summed E-state index contributed by atoms with van der Waals surface area (Å²) in [7, 11) is 3.87. The van der Waals surface area contributed by atoms with Crippen LogP contribution in [0.25, 0.3) is 0 Å². The lowest BCUT2D eigenvalue weighted by atomic mass is 10.1. The van der Waals surface area contributed by atoms with E-state index in [4.69, 9.17) is 5.11 Å². The quantitative estimate of drug-likeness (QED) is 0.646. The number of likely N-dealkylation sites (N-methyl/N-ethyl adjacent to an activating group) is 1. The standard InChI is InChI=1S/C12H18N2O3/c1-14(2)6-5-13-12(17)8-9-3-4-10(15)11(16)7-9/h3-4,7,15-16H,5-6,8H2,1-2H3,(H,13,17). The average Bonchev–Trinajstić information content (AvgIpc) is 2.23. The minimum Gasteiger partial charge on any atom is -0.504 e. The van der Waals surface area contributed by atoms with Crippen LogP contribution in [-0.4, -0.2) is 48.2 Å². The SMILES string of the molecule is CN(C)CCNC(=O)Cc1ccc(O)c(O)c1. The van der Waals surface area contributed by atoms with E-state index in [0.29, 0.717) is 12.1 Å². The number of hydrogen-bond donors (Lipinski definition) is 3. The summed E-state index contributed by atoms with van der Waals surface area (Å²) >= 11 is 0. The molecule has 0 aliphatic rings. The van der Waals surface area contributed by atoms with Crippen molar-refractivity contribution in [2.75, 3.05) is 27.2 Å². The van der Waals surface area contributed by atoms with Crippen LogP contribution in [0.4, 0.5) is 0 Å². The largest absolute Gasteiger partial charge is 0.504 e. The minimum absolute atomic E-state index is 0.100. The Morgan fingerprint density at radius 1 is 1.29 bits per heavy atom. The smallest absolute Gasteiger partial charge is 0.224 e. The molecule has 0 heterocycles. The van der Waals surface area contributed by atoms with Crippen LogP contribution in [0.3, 0.4) is 0 Å². The fourth-order valence-electron chi connectivity index (χ4n) is 1.35. The molecule has 5 heteroatoms. The lowest BCUT2D eigenvalue weighted by Crippen LogP contribution is -2.32. The van der Waals surface area contributed by atoms with Gasteiger partial charge in [-0.25, -0.2) is 0 Å². The second kappa shape index (κ2) is 6.10. The molecule has 1 aromatic carbocycles. The van der Waals surface area contributed by atoms with E-state index in [9.17, 15) is 9.90 Å². The molecule has 0 fully saturated rings. The summed E-state index contributed by atoms with van der Waals surface area (Å²) in [6, 6.07) is 4.37. The molecular weight excluding hydrogens is 220 g/mol. The van der Waals surface area contributed by atoms with E-state index in [2.05, 4.69) is 5.32 Å². The molecule has 0 atom stereocenters. The van der Waals surface area contributed by atoms with Crippen molar-refractivity contribution in [3.63, 3.8) is 0 Å². The van der Waals surface area contributed by atoms with Crippen LogP contribution in [0, 0.1) is 0 Å². The van der Waals surface area contributed by atoms with Gasteiger partial charge in [-0.2, -0.15) is 0 Å². The van der Waals surface area contributed by atoms with Crippen LogP contribution in [0.1, 0.15) is 5.56 Å². The molecule has 0 unspecified atom stereocenters. The predicted octanol–water partition coefficient (Wildman–Crippen LogP) is 0.318.